The van der Waals surface area contributed by atoms with Crippen LogP contribution >= 0.6 is 24.0 Å². The monoisotopic (exact) mass is 343 g/mol. The van der Waals surface area contributed by atoms with Crippen molar-refractivity contribution in [2.75, 3.05) is 39.3 Å². The second kappa shape index (κ2) is 7.64. The Bertz CT molecular complexity index is 504. The minimum Gasteiger partial charge on any atom is -0.336 e. The molecule has 4 nitrogen and oxygen atoms in total. The van der Waals surface area contributed by atoms with Crippen molar-refractivity contribution in [2.45, 2.75) is 19.4 Å². The summed E-state index contributed by atoms with van der Waals surface area (Å²) in [5, 5.41) is 4.04. The summed E-state index contributed by atoms with van der Waals surface area (Å²) < 4.78 is 0. The molecule has 1 N–H and O–H groups in total. The predicted molar refractivity (Wildman–Crippen MR) is 92.2 cm³/mol. The average molecular weight is 344 g/mol. The molecule has 2 aliphatic rings. The molecule has 0 spiro atoms. The van der Waals surface area contributed by atoms with Crippen LogP contribution < -0.4 is 5.32 Å². The number of nitrogens with zero attached hydrogens (tertiary/aromatic N) is 2. The van der Waals surface area contributed by atoms with Crippen molar-refractivity contribution in [3.8, 4) is 0 Å². The maximum absolute atomic E-state index is 12.6. The number of benzene rings is 1. The second-order valence-corrected chi connectivity index (χ2v) is 6.43. The molecule has 3 rings (SSSR count). The zero-order valence-electron chi connectivity index (χ0n) is 12.8. The highest BCUT2D eigenvalue weighted by Gasteiger charge is 2.28. The minimum absolute atomic E-state index is 0. The van der Waals surface area contributed by atoms with Gasteiger partial charge in [-0.2, -0.15) is 0 Å². The van der Waals surface area contributed by atoms with Crippen LogP contribution in [0, 0.1) is 6.92 Å². The van der Waals surface area contributed by atoms with E-state index < -0.39 is 0 Å². The van der Waals surface area contributed by atoms with E-state index in [-0.39, 0.29) is 18.3 Å². The summed E-state index contributed by atoms with van der Waals surface area (Å²) in [5.41, 5.74) is 1.73. The van der Waals surface area contributed by atoms with Gasteiger partial charge in [0.2, 0.25) is 0 Å². The second-order valence-electron chi connectivity index (χ2n) is 5.99. The van der Waals surface area contributed by atoms with E-state index in [1.54, 1.807) is 6.07 Å². The normalized spacial score (nSPS) is 22.5. The lowest BCUT2D eigenvalue weighted by molar-refractivity contribution is 0.0584. The van der Waals surface area contributed by atoms with Crippen molar-refractivity contribution in [3.05, 3.63) is 34.3 Å². The van der Waals surface area contributed by atoms with Gasteiger partial charge in [0.25, 0.3) is 5.91 Å². The molecule has 2 aliphatic heterocycles. The summed E-state index contributed by atoms with van der Waals surface area (Å²) in [4.78, 5) is 17.0. The largest absolute Gasteiger partial charge is 0.336 e. The van der Waals surface area contributed by atoms with Gasteiger partial charge >= 0.3 is 0 Å². The highest BCUT2D eigenvalue weighted by Crippen LogP contribution is 2.18. The van der Waals surface area contributed by atoms with Gasteiger partial charge in [-0.05, 0) is 43.7 Å². The Morgan fingerprint density at radius 3 is 2.55 bits per heavy atom. The van der Waals surface area contributed by atoms with Crippen LogP contribution in [0.4, 0.5) is 0 Å². The Morgan fingerprint density at radius 2 is 1.95 bits per heavy atom. The molecule has 1 aromatic carbocycles. The molecule has 2 heterocycles. The van der Waals surface area contributed by atoms with Crippen molar-refractivity contribution in [2.24, 2.45) is 0 Å². The van der Waals surface area contributed by atoms with Gasteiger partial charge in [0.15, 0.2) is 0 Å². The number of rotatable bonds is 2. The van der Waals surface area contributed by atoms with Gasteiger partial charge in [0, 0.05) is 49.4 Å². The number of carbonyl (C=O) groups excluding carboxylic acids is 1. The van der Waals surface area contributed by atoms with Gasteiger partial charge in [0.05, 0.1) is 0 Å². The van der Waals surface area contributed by atoms with Crippen LogP contribution in [0.3, 0.4) is 0 Å². The van der Waals surface area contributed by atoms with Crippen LogP contribution in [0.5, 0.6) is 0 Å². The first-order chi connectivity index (χ1) is 10.1. The van der Waals surface area contributed by atoms with Crippen molar-refractivity contribution in [1.82, 2.24) is 15.1 Å². The zero-order valence-corrected chi connectivity index (χ0v) is 14.4. The molecule has 6 heteroatoms. The van der Waals surface area contributed by atoms with E-state index >= 15 is 0 Å². The summed E-state index contributed by atoms with van der Waals surface area (Å²) in [7, 11) is 0. The van der Waals surface area contributed by atoms with Crippen LogP contribution in [0.15, 0.2) is 18.2 Å². The Labute approximate surface area is 143 Å². The van der Waals surface area contributed by atoms with Gasteiger partial charge in [-0.25, -0.2) is 0 Å². The first kappa shape index (κ1) is 17.5. The van der Waals surface area contributed by atoms with Crippen LogP contribution in [0.25, 0.3) is 0 Å². The molecular weight excluding hydrogens is 321 g/mol. The minimum atomic E-state index is 0. The topological polar surface area (TPSA) is 35.6 Å². The molecule has 0 radical (unpaired) electrons. The van der Waals surface area contributed by atoms with Crippen LogP contribution in [-0.2, 0) is 0 Å². The average Bonchev–Trinajstić information content (AvgIpc) is 3.00. The summed E-state index contributed by atoms with van der Waals surface area (Å²) in [6.07, 6.45) is 1.22. The molecule has 1 aromatic rings. The molecule has 1 amide bonds. The SMILES string of the molecule is Cc1cc(Cl)cc(C(=O)N2CCN(C3CCNC3)CC2)c1.Cl. The van der Waals surface area contributed by atoms with Gasteiger partial charge in [-0.3, -0.25) is 9.69 Å². The highest BCUT2D eigenvalue weighted by molar-refractivity contribution is 6.31. The molecule has 1 atom stereocenters. The third kappa shape index (κ3) is 3.93. The predicted octanol–water partition coefficient (Wildman–Crippen LogP) is 2.19. The maximum Gasteiger partial charge on any atom is 0.254 e. The lowest BCUT2D eigenvalue weighted by Crippen LogP contribution is -2.52. The fourth-order valence-electron chi connectivity index (χ4n) is 3.28. The van der Waals surface area contributed by atoms with E-state index in [4.69, 9.17) is 11.6 Å². The first-order valence-corrected chi connectivity index (χ1v) is 8.02. The lowest BCUT2D eigenvalue weighted by atomic mass is 10.1. The lowest BCUT2D eigenvalue weighted by Gasteiger charge is -2.37. The van der Waals surface area contributed by atoms with Crippen LogP contribution in [0.1, 0.15) is 22.3 Å². The van der Waals surface area contributed by atoms with E-state index in [1.807, 2.05) is 24.0 Å². The standard InChI is InChI=1S/C16H22ClN3O.ClH/c1-12-8-13(10-14(17)9-12)16(21)20-6-4-19(5-7-20)15-2-3-18-11-15;/h8-10,15,18H,2-7,11H2,1H3;1H. The van der Waals surface area contributed by atoms with Gasteiger partial charge < -0.3 is 10.2 Å². The number of piperazine rings is 1. The smallest absolute Gasteiger partial charge is 0.254 e. The fraction of sp³-hybridized carbons (Fsp3) is 0.562. The van der Waals surface area contributed by atoms with E-state index in [9.17, 15) is 4.79 Å². The molecule has 22 heavy (non-hydrogen) atoms. The molecule has 0 saturated carbocycles. The Morgan fingerprint density at radius 1 is 1.23 bits per heavy atom. The summed E-state index contributed by atoms with van der Waals surface area (Å²) >= 11 is 6.06. The van der Waals surface area contributed by atoms with Gasteiger partial charge in [-0.15, -0.1) is 12.4 Å². The maximum atomic E-state index is 12.6. The molecule has 122 valence electrons. The molecule has 0 aromatic heterocycles. The Hall–Kier alpha value is -0.810. The first-order valence-electron chi connectivity index (χ1n) is 7.65. The van der Waals surface area contributed by atoms with Crippen molar-refractivity contribution in [3.63, 3.8) is 0 Å². The molecule has 2 saturated heterocycles. The zero-order chi connectivity index (χ0) is 14.8. The number of carbonyl (C=O) groups is 1. The molecule has 2 fully saturated rings. The third-order valence-corrected chi connectivity index (χ3v) is 4.66. The number of amides is 1. The summed E-state index contributed by atoms with van der Waals surface area (Å²) in [5.74, 6) is 0.102. The number of aryl methyl sites for hydroxylation is 1. The molecular formula is C16H23Cl2N3O. The summed E-state index contributed by atoms with van der Waals surface area (Å²) in [6, 6.07) is 6.21. The van der Waals surface area contributed by atoms with Crippen LogP contribution in [-0.4, -0.2) is 61.0 Å². The molecule has 0 aliphatic carbocycles. The highest BCUT2D eigenvalue weighted by atomic mass is 35.5. The Balaban J connectivity index is 0.00000176. The van der Waals surface area contributed by atoms with Gasteiger partial charge in [0.1, 0.15) is 0 Å². The number of hydrogen-bond donors (Lipinski definition) is 1. The number of nitrogens with one attached hydrogen (secondary N) is 1. The quantitative estimate of drug-likeness (QED) is 0.893. The van der Waals surface area contributed by atoms with E-state index in [1.165, 1.54) is 6.42 Å². The Kier molecular flexibility index (Phi) is 6.09. The molecule has 1 unspecified atom stereocenters. The number of halogens is 2. The van der Waals surface area contributed by atoms with Crippen molar-refractivity contribution in [1.29, 1.82) is 0 Å². The van der Waals surface area contributed by atoms with Crippen LogP contribution in [0.2, 0.25) is 5.02 Å². The summed E-state index contributed by atoms with van der Waals surface area (Å²) in [6.45, 7) is 7.72. The number of hydrogen-bond acceptors (Lipinski definition) is 3. The molecule has 0 bridgehead atoms. The van der Waals surface area contributed by atoms with Crippen molar-refractivity contribution < 1.29 is 4.79 Å². The fourth-order valence-corrected chi connectivity index (χ4v) is 3.57. The van der Waals surface area contributed by atoms with Crippen molar-refractivity contribution >= 4 is 29.9 Å². The van der Waals surface area contributed by atoms with E-state index in [0.29, 0.717) is 16.6 Å². The van der Waals surface area contributed by atoms with E-state index in [0.717, 1.165) is 44.8 Å². The third-order valence-electron chi connectivity index (χ3n) is 4.44. The van der Waals surface area contributed by atoms with Gasteiger partial charge in [-0.1, -0.05) is 11.6 Å². The van der Waals surface area contributed by atoms with E-state index in [2.05, 4.69) is 10.2 Å².